The molecule has 7 heteroatoms. The summed E-state index contributed by atoms with van der Waals surface area (Å²) in [6, 6.07) is 6.55. The van der Waals surface area contributed by atoms with Crippen molar-refractivity contribution < 1.29 is 14.7 Å². The first-order chi connectivity index (χ1) is 11.8. The van der Waals surface area contributed by atoms with Gasteiger partial charge in [-0.15, -0.1) is 0 Å². The van der Waals surface area contributed by atoms with Gasteiger partial charge in [0.25, 0.3) is 5.91 Å². The number of halogens is 1. The maximum Gasteiger partial charge on any atom is 0.326 e. The Morgan fingerprint density at radius 3 is 2.60 bits per heavy atom. The maximum absolute atomic E-state index is 12.6. The summed E-state index contributed by atoms with van der Waals surface area (Å²) in [7, 11) is 0. The quantitative estimate of drug-likeness (QED) is 0.791. The third kappa shape index (κ3) is 4.39. The molecule has 0 saturated heterocycles. The average molecular weight is 364 g/mol. The largest absolute Gasteiger partial charge is 0.480 e. The van der Waals surface area contributed by atoms with Crippen molar-refractivity contribution >= 4 is 23.5 Å². The van der Waals surface area contributed by atoms with Crippen molar-refractivity contribution in [3.63, 3.8) is 0 Å². The van der Waals surface area contributed by atoms with E-state index in [0.717, 1.165) is 5.56 Å². The molecular weight excluding hydrogens is 342 g/mol. The number of hydrogen-bond acceptors (Lipinski definition) is 3. The van der Waals surface area contributed by atoms with E-state index in [4.69, 9.17) is 11.6 Å². The van der Waals surface area contributed by atoms with Crippen LogP contribution in [-0.4, -0.2) is 32.8 Å². The lowest BCUT2D eigenvalue weighted by Crippen LogP contribution is -2.41. The number of carboxylic acid groups (broad SMARTS) is 1. The molecule has 0 spiro atoms. The molecule has 25 heavy (non-hydrogen) atoms. The number of benzene rings is 1. The second kappa shape index (κ2) is 8.16. The zero-order chi connectivity index (χ0) is 18.6. The van der Waals surface area contributed by atoms with Gasteiger partial charge < -0.3 is 10.4 Å². The van der Waals surface area contributed by atoms with Crippen LogP contribution in [0.4, 0.5) is 0 Å². The van der Waals surface area contributed by atoms with E-state index < -0.39 is 17.9 Å². The Kier molecular flexibility index (Phi) is 6.20. The molecule has 1 aromatic heterocycles. The normalized spacial score (nSPS) is 12.0. The van der Waals surface area contributed by atoms with Crippen LogP contribution in [0.15, 0.2) is 24.3 Å². The molecule has 134 valence electrons. The monoisotopic (exact) mass is 363 g/mol. The molecule has 1 aromatic carbocycles. The molecule has 1 atom stereocenters. The van der Waals surface area contributed by atoms with E-state index in [2.05, 4.69) is 10.4 Å². The summed E-state index contributed by atoms with van der Waals surface area (Å²) in [4.78, 5) is 23.8. The van der Waals surface area contributed by atoms with Gasteiger partial charge in [0.1, 0.15) is 6.04 Å². The Morgan fingerprint density at radius 1 is 1.32 bits per heavy atom. The second-order valence-electron chi connectivity index (χ2n) is 5.95. The van der Waals surface area contributed by atoms with Gasteiger partial charge in [0, 0.05) is 10.7 Å². The van der Waals surface area contributed by atoms with Gasteiger partial charge in [-0.1, -0.05) is 43.1 Å². The third-order valence-corrected chi connectivity index (χ3v) is 4.44. The van der Waals surface area contributed by atoms with E-state index in [1.54, 1.807) is 24.6 Å². The predicted octanol–water partition coefficient (Wildman–Crippen LogP) is 3.18. The van der Waals surface area contributed by atoms with Crippen LogP contribution in [0.25, 0.3) is 0 Å². The average Bonchev–Trinajstić information content (AvgIpc) is 2.83. The molecule has 0 saturated carbocycles. The number of nitrogens with zero attached hydrogens (tertiary/aromatic N) is 2. The number of aliphatic carboxylic acids is 1. The van der Waals surface area contributed by atoms with Gasteiger partial charge in [-0.05, 0) is 31.9 Å². The number of carboxylic acids is 1. The van der Waals surface area contributed by atoms with Gasteiger partial charge >= 0.3 is 5.97 Å². The van der Waals surface area contributed by atoms with Gasteiger partial charge in [-0.2, -0.15) is 5.10 Å². The number of aromatic nitrogens is 2. The highest BCUT2D eigenvalue weighted by Gasteiger charge is 2.24. The minimum absolute atomic E-state index is 0.382. The number of hydrogen-bond donors (Lipinski definition) is 2. The third-order valence-electron chi connectivity index (χ3n) is 4.07. The molecule has 1 unspecified atom stereocenters. The van der Waals surface area contributed by atoms with Gasteiger partial charge in [-0.25, -0.2) is 4.79 Å². The summed E-state index contributed by atoms with van der Waals surface area (Å²) in [5.41, 5.74) is 2.55. The molecule has 1 amide bonds. The lowest BCUT2D eigenvalue weighted by molar-refractivity contribution is -0.139. The van der Waals surface area contributed by atoms with Crippen molar-refractivity contribution in [2.24, 2.45) is 0 Å². The Balaban J connectivity index is 2.25. The van der Waals surface area contributed by atoms with Crippen molar-refractivity contribution in [1.82, 2.24) is 15.1 Å². The second-order valence-corrected chi connectivity index (χ2v) is 6.36. The molecule has 0 bridgehead atoms. The molecule has 0 aliphatic rings. The summed E-state index contributed by atoms with van der Waals surface area (Å²) < 4.78 is 1.71. The zero-order valence-electron chi connectivity index (χ0n) is 14.5. The minimum atomic E-state index is -1.03. The van der Waals surface area contributed by atoms with Gasteiger partial charge in [0.05, 0.1) is 17.8 Å². The van der Waals surface area contributed by atoms with Crippen LogP contribution in [0.2, 0.25) is 5.02 Å². The highest BCUT2D eigenvalue weighted by molar-refractivity contribution is 6.31. The van der Waals surface area contributed by atoms with E-state index >= 15 is 0 Å². The predicted molar refractivity (Wildman–Crippen MR) is 96.1 cm³/mol. The van der Waals surface area contributed by atoms with Crippen molar-refractivity contribution in [2.75, 3.05) is 0 Å². The molecule has 0 aliphatic heterocycles. The molecule has 1 heterocycles. The first-order valence-electron chi connectivity index (χ1n) is 8.16. The van der Waals surface area contributed by atoms with Crippen LogP contribution in [0.5, 0.6) is 0 Å². The van der Waals surface area contributed by atoms with E-state index in [0.29, 0.717) is 41.4 Å². The number of rotatable bonds is 7. The maximum atomic E-state index is 12.6. The summed E-state index contributed by atoms with van der Waals surface area (Å²) in [6.45, 7) is 5.85. The van der Waals surface area contributed by atoms with E-state index in [-0.39, 0.29) is 0 Å². The van der Waals surface area contributed by atoms with E-state index in [1.165, 1.54) is 0 Å². The molecular formula is C18H22ClN3O3. The van der Waals surface area contributed by atoms with Crippen LogP contribution in [0, 0.1) is 13.8 Å². The smallest absolute Gasteiger partial charge is 0.326 e. The lowest BCUT2D eigenvalue weighted by Gasteiger charge is -2.13. The van der Waals surface area contributed by atoms with Crippen LogP contribution >= 0.6 is 11.6 Å². The van der Waals surface area contributed by atoms with Crippen molar-refractivity contribution in [1.29, 1.82) is 0 Å². The van der Waals surface area contributed by atoms with E-state index in [1.807, 2.05) is 25.1 Å². The van der Waals surface area contributed by atoms with Crippen LogP contribution < -0.4 is 5.32 Å². The van der Waals surface area contributed by atoms with Gasteiger partial charge in [0.15, 0.2) is 0 Å². The number of carbonyl (C=O) groups is 2. The number of aryl methyl sites for hydroxylation is 1. The van der Waals surface area contributed by atoms with Gasteiger partial charge in [-0.3, -0.25) is 9.48 Å². The highest BCUT2D eigenvalue weighted by atomic mass is 35.5. The van der Waals surface area contributed by atoms with Crippen LogP contribution in [-0.2, 0) is 11.3 Å². The van der Waals surface area contributed by atoms with Gasteiger partial charge in [0.2, 0.25) is 0 Å². The van der Waals surface area contributed by atoms with Crippen LogP contribution in [0.3, 0.4) is 0 Å². The minimum Gasteiger partial charge on any atom is -0.480 e. The van der Waals surface area contributed by atoms with Crippen molar-refractivity contribution in [3.05, 3.63) is 51.8 Å². The fourth-order valence-corrected chi connectivity index (χ4v) is 2.94. The Hall–Kier alpha value is -2.34. The first kappa shape index (κ1) is 19.0. The number of nitrogens with one attached hydrogen (secondary N) is 1. The lowest BCUT2D eigenvalue weighted by atomic mass is 10.1. The fraction of sp³-hybridized carbons (Fsp3) is 0.389. The van der Waals surface area contributed by atoms with Crippen LogP contribution in [0.1, 0.15) is 47.1 Å². The molecule has 0 fully saturated rings. The molecule has 6 nitrogen and oxygen atoms in total. The highest BCUT2D eigenvalue weighted by Crippen LogP contribution is 2.19. The molecule has 0 radical (unpaired) electrons. The SMILES string of the molecule is CCCC(NC(=O)c1c(C)nn(Cc2ccccc2Cl)c1C)C(=O)O. The zero-order valence-corrected chi connectivity index (χ0v) is 15.3. The molecule has 2 rings (SSSR count). The Bertz CT molecular complexity index is 786. The van der Waals surface area contributed by atoms with E-state index in [9.17, 15) is 14.7 Å². The topological polar surface area (TPSA) is 84.2 Å². The standard InChI is InChI=1S/C18H22ClN3O3/c1-4-7-15(18(24)25)20-17(23)16-11(2)21-22(12(16)3)10-13-8-5-6-9-14(13)19/h5-6,8-9,15H,4,7,10H2,1-3H3,(H,20,23)(H,24,25). The molecule has 2 aromatic rings. The first-order valence-corrected chi connectivity index (χ1v) is 8.54. The number of carbonyl (C=O) groups excluding carboxylic acids is 1. The summed E-state index contributed by atoms with van der Waals surface area (Å²) >= 11 is 6.19. The Labute approximate surface area is 151 Å². The van der Waals surface area contributed by atoms with Crippen molar-refractivity contribution in [3.8, 4) is 0 Å². The fourth-order valence-electron chi connectivity index (χ4n) is 2.74. The summed E-state index contributed by atoms with van der Waals surface area (Å²) in [6.07, 6.45) is 1.05. The number of amides is 1. The van der Waals surface area contributed by atoms with Crippen molar-refractivity contribution in [2.45, 2.75) is 46.2 Å². The summed E-state index contributed by atoms with van der Waals surface area (Å²) in [5, 5.41) is 16.9. The summed E-state index contributed by atoms with van der Waals surface area (Å²) in [5.74, 6) is -1.45. The molecule has 2 N–H and O–H groups in total. The Morgan fingerprint density at radius 2 is 2.00 bits per heavy atom. The molecule has 0 aliphatic carbocycles.